The van der Waals surface area contributed by atoms with Crippen LogP contribution in [0.25, 0.3) is 0 Å². The third kappa shape index (κ3) is 0.744. The van der Waals surface area contributed by atoms with Crippen molar-refractivity contribution in [2.75, 3.05) is 5.32 Å². The van der Waals surface area contributed by atoms with Crippen molar-refractivity contribution >= 4 is 11.6 Å². The molecule has 0 saturated carbocycles. The molecule has 0 aliphatic carbocycles. The molecular weight excluding hydrogens is 178 g/mol. The molecule has 0 saturated heterocycles. The second kappa shape index (κ2) is 2.38. The summed E-state index contributed by atoms with van der Waals surface area (Å²) in [6.07, 6.45) is 4.10. The Hall–Kier alpha value is -1.77. The molecule has 3 nitrogen and oxygen atoms in total. The standard InChI is InChI=1S/C11H9NO2/c13-10-11(6-3-7-14-11)8-4-1-2-5-9(8)12-10/h1-5,7H,6H2,(H,12,13). The summed E-state index contributed by atoms with van der Waals surface area (Å²) >= 11 is 0. The summed E-state index contributed by atoms with van der Waals surface area (Å²) in [5.41, 5.74) is 1.02. The predicted octanol–water partition coefficient (Wildman–Crippen LogP) is 1.77. The van der Waals surface area contributed by atoms with Crippen LogP contribution in [0.15, 0.2) is 36.6 Å². The summed E-state index contributed by atoms with van der Waals surface area (Å²) in [6, 6.07) is 7.65. The molecule has 3 rings (SSSR count). The maximum Gasteiger partial charge on any atom is 0.273 e. The third-order valence-corrected chi connectivity index (χ3v) is 2.75. The Morgan fingerprint density at radius 3 is 3.00 bits per heavy atom. The van der Waals surface area contributed by atoms with E-state index in [2.05, 4.69) is 5.32 Å². The second-order valence-corrected chi connectivity index (χ2v) is 3.52. The number of benzene rings is 1. The van der Waals surface area contributed by atoms with E-state index in [1.807, 2.05) is 30.3 Å². The van der Waals surface area contributed by atoms with Crippen molar-refractivity contribution in [3.8, 4) is 0 Å². The number of nitrogens with one attached hydrogen (secondary N) is 1. The van der Waals surface area contributed by atoms with Crippen LogP contribution in [0.4, 0.5) is 5.69 Å². The summed E-state index contributed by atoms with van der Waals surface area (Å²) in [5, 5.41) is 2.83. The lowest BCUT2D eigenvalue weighted by atomic mass is 9.93. The minimum atomic E-state index is -0.781. The van der Waals surface area contributed by atoms with Crippen molar-refractivity contribution in [1.29, 1.82) is 0 Å². The quantitative estimate of drug-likeness (QED) is 0.672. The van der Waals surface area contributed by atoms with E-state index in [0.29, 0.717) is 6.42 Å². The van der Waals surface area contributed by atoms with Gasteiger partial charge in [-0.25, -0.2) is 0 Å². The normalized spacial score (nSPS) is 27.6. The van der Waals surface area contributed by atoms with Crippen molar-refractivity contribution in [1.82, 2.24) is 0 Å². The maximum atomic E-state index is 11.8. The van der Waals surface area contributed by atoms with E-state index < -0.39 is 5.60 Å². The van der Waals surface area contributed by atoms with Gasteiger partial charge in [-0.05, 0) is 12.1 Å². The van der Waals surface area contributed by atoms with Crippen molar-refractivity contribution < 1.29 is 9.53 Å². The minimum Gasteiger partial charge on any atom is -0.480 e. The monoisotopic (exact) mass is 187 g/mol. The number of hydrogen-bond donors (Lipinski definition) is 1. The average molecular weight is 187 g/mol. The summed E-state index contributed by atoms with van der Waals surface area (Å²) in [7, 11) is 0. The van der Waals surface area contributed by atoms with Crippen LogP contribution < -0.4 is 5.32 Å². The van der Waals surface area contributed by atoms with Crippen LogP contribution in [0.3, 0.4) is 0 Å². The molecule has 0 fully saturated rings. The number of carbonyl (C=O) groups is 1. The van der Waals surface area contributed by atoms with Gasteiger partial charge in [0, 0.05) is 17.7 Å². The molecule has 1 N–H and O–H groups in total. The Kier molecular flexibility index (Phi) is 1.29. The second-order valence-electron chi connectivity index (χ2n) is 3.52. The van der Waals surface area contributed by atoms with Crippen LogP contribution in [0.1, 0.15) is 12.0 Å². The fourth-order valence-electron chi connectivity index (χ4n) is 2.04. The molecule has 1 aromatic rings. The van der Waals surface area contributed by atoms with E-state index in [1.165, 1.54) is 0 Å². The molecule has 2 heterocycles. The average Bonchev–Trinajstić information content (AvgIpc) is 2.77. The van der Waals surface area contributed by atoms with Gasteiger partial charge in [-0.3, -0.25) is 4.79 Å². The molecule has 14 heavy (non-hydrogen) atoms. The molecule has 1 spiro atoms. The highest BCUT2D eigenvalue weighted by Gasteiger charge is 2.49. The number of hydrogen-bond acceptors (Lipinski definition) is 2. The van der Waals surface area contributed by atoms with Crippen LogP contribution in [0.2, 0.25) is 0 Å². The van der Waals surface area contributed by atoms with E-state index in [1.54, 1.807) is 6.26 Å². The van der Waals surface area contributed by atoms with E-state index in [9.17, 15) is 4.79 Å². The zero-order valence-corrected chi connectivity index (χ0v) is 7.49. The van der Waals surface area contributed by atoms with Gasteiger partial charge in [0.15, 0.2) is 0 Å². The van der Waals surface area contributed by atoms with E-state index >= 15 is 0 Å². The van der Waals surface area contributed by atoms with Gasteiger partial charge >= 0.3 is 0 Å². The molecule has 1 unspecified atom stereocenters. The first kappa shape index (κ1) is 7.62. The summed E-state index contributed by atoms with van der Waals surface area (Å²) in [6.45, 7) is 0. The van der Waals surface area contributed by atoms with Crippen LogP contribution in [0, 0.1) is 0 Å². The summed E-state index contributed by atoms with van der Waals surface area (Å²) in [5.74, 6) is -0.0660. The van der Waals surface area contributed by atoms with Crippen molar-refractivity contribution in [3.05, 3.63) is 42.2 Å². The number of carbonyl (C=O) groups excluding carboxylic acids is 1. The molecule has 1 aromatic carbocycles. The fourth-order valence-corrected chi connectivity index (χ4v) is 2.04. The number of amides is 1. The van der Waals surface area contributed by atoms with Gasteiger partial charge in [0.1, 0.15) is 0 Å². The minimum absolute atomic E-state index is 0.0660. The predicted molar refractivity (Wildman–Crippen MR) is 51.6 cm³/mol. The number of anilines is 1. The van der Waals surface area contributed by atoms with Crippen molar-refractivity contribution in [2.24, 2.45) is 0 Å². The lowest BCUT2D eigenvalue weighted by Crippen LogP contribution is -2.33. The highest BCUT2D eigenvalue weighted by atomic mass is 16.5. The Balaban J connectivity index is 2.19. The SMILES string of the molecule is O=C1Nc2ccccc2C12CC=CO2. The molecule has 1 atom stereocenters. The molecule has 70 valence electrons. The van der Waals surface area contributed by atoms with Gasteiger partial charge < -0.3 is 10.1 Å². The molecule has 2 aliphatic heterocycles. The largest absolute Gasteiger partial charge is 0.480 e. The zero-order chi connectivity index (χ0) is 9.60. The topological polar surface area (TPSA) is 38.3 Å². The Bertz CT molecular complexity index is 429. The first-order valence-corrected chi connectivity index (χ1v) is 4.57. The molecule has 0 radical (unpaired) electrons. The molecule has 0 aromatic heterocycles. The fraction of sp³-hybridized carbons (Fsp3) is 0.182. The van der Waals surface area contributed by atoms with E-state index in [-0.39, 0.29) is 5.91 Å². The van der Waals surface area contributed by atoms with Crippen LogP contribution in [0.5, 0.6) is 0 Å². The molecule has 2 aliphatic rings. The Labute approximate surface area is 81.4 Å². The van der Waals surface area contributed by atoms with Gasteiger partial charge in [0.05, 0.1) is 6.26 Å². The number of fused-ring (bicyclic) bond motifs is 2. The van der Waals surface area contributed by atoms with Crippen molar-refractivity contribution in [3.63, 3.8) is 0 Å². The number of ether oxygens (including phenoxy) is 1. The first-order valence-electron chi connectivity index (χ1n) is 4.57. The Morgan fingerprint density at radius 1 is 1.36 bits per heavy atom. The van der Waals surface area contributed by atoms with Gasteiger partial charge in [0.2, 0.25) is 5.60 Å². The summed E-state index contributed by atoms with van der Waals surface area (Å²) < 4.78 is 5.45. The van der Waals surface area contributed by atoms with Crippen LogP contribution in [-0.4, -0.2) is 5.91 Å². The molecule has 3 heteroatoms. The molecular formula is C11H9NO2. The van der Waals surface area contributed by atoms with Gasteiger partial charge in [0.25, 0.3) is 5.91 Å². The van der Waals surface area contributed by atoms with E-state index in [0.717, 1.165) is 11.3 Å². The number of para-hydroxylation sites is 1. The number of rotatable bonds is 0. The zero-order valence-electron chi connectivity index (χ0n) is 7.49. The van der Waals surface area contributed by atoms with Gasteiger partial charge in [-0.2, -0.15) is 0 Å². The highest BCUT2D eigenvalue weighted by molar-refractivity contribution is 6.05. The maximum absolute atomic E-state index is 11.8. The summed E-state index contributed by atoms with van der Waals surface area (Å²) in [4.78, 5) is 11.8. The Morgan fingerprint density at radius 2 is 2.21 bits per heavy atom. The van der Waals surface area contributed by atoms with Gasteiger partial charge in [-0.15, -0.1) is 0 Å². The molecule has 0 bridgehead atoms. The van der Waals surface area contributed by atoms with Crippen LogP contribution in [-0.2, 0) is 15.1 Å². The van der Waals surface area contributed by atoms with Crippen LogP contribution >= 0.6 is 0 Å². The lowest BCUT2D eigenvalue weighted by Gasteiger charge is -2.20. The van der Waals surface area contributed by atoms with Crippen molar-refractivity contribution in [2.45, 2.75) is 12.0 Å². The third-order valence-electron chi connectivity index (χ3n) is 2.75. The first-order chi connectivity index (χ1) is 6.83. The van der Waals surface area contributed by atoms with Gasteiger partial charge in [-0.1, -0.05) is 18.2 Å². The smallest absolute Gasteiger partial charge is 0.273 e. The molecule has 1 amide bonds. The van der Waals surface area contributed by atoms with E-state index in [4.69, 9.17) is 4.74 Å². The lowest BCUT2D eigenvalue weighted by molar-refractivity contribution is -0.132. The highest BCUT2D eigenvalue weighted by Crippen LogP contribution is 2.43.